The van der Waals surface area contributed by atoms with Crippen molar-refractivity contribution in [3.63, 3.8) is 0 Å². The van der Waals surface area contributed by atoms with Crippen molar-refractivity contribution in [2.45, 2.75) is 13.3 Å². The smallest absolute Gasteiger partial charge is 0.191 e. The van der Waals surface area contributed by atoms with E-state index in [2.05, 4.69) is 15.8 Å². The van der Waals surface area contributed by atoms with Crippen molar-refractivity contribution < 1.29 is 9.50 Å². The van der Waals surface area contributed by atoms with E-state index in [1.165, 1.54) is 6.07 Å². The summed E-state index contributed by atoms with van der Waals surface area (Å²) in [5, 5.41) is 16.5. The summed E-state index contributed by atoms with van der Waals surface area (Å²) < 4.78 is 13.5. The second-order valence-corrected chi connectivity index (χ2v) is 4.91. The van der Waals surface area contributed by atoms with Gasteiger partial charge in [0.2, 0.25) is 0 Å². The van der Waals surface area contributed by atoms with E-state index < -0.39 is 0 Å². The minimum absolute atomic E-state index is 0.198. The van der Waals surface area contributed by atoms with Gasteiger partial charge in [0, 0.05) is 0 Å². The highest BCUT2D eigenvalue weighted by atomic mass is 32.1. The van der Waals surface area contributed by atoms with Gasteiger partial charge in [-0.15, -0.1) is 0 Å². The maximum atomic E-state index is 13.5. The molecule has 0 aliphatic heterocycles. The molecule has 6 heteroatoms. The number of thiocarbonyl (C=S) groups is 1. The van der Waals surface area contributed by atoms with Crippen molar-refractivity contribution >= 4 is 28.7 Å². The van der Waals surface area contributed by atoms with Crippen LogP contribution in [0.5, 0.6) is 5.75 Å². The van der Waals surface area contributed by atoms with Crippen LogP contribution in [0, 0.1) is 5.82 Å². The summed E-state index contributed by atoms with van der Waals surface area (Å²) in [5.74, 6) is -0.186. The van der Waals surface area contributed by atoms with Gasteiger partial charge in [-0.05, 0) is 60.6 Å². The molecule has 0 spiro atoms. The van der Waals surface area contributed by atoms with Gasteiger partial charge < -0.3 is 10.4 Å². The van der Waals surface area contributed by atoms with Gasteiger partial charge in [0.25, 0.3) is 0 Å². The highest BCUT2D eigenvalue weighted by molar-refractivity contribution is 7.80. The zero-order valence-corrected chi connectivity index (χ0v) is 12.8. The quantitative estimate of drug-likeness (QED) is 0.458. The number of anilines is 1. The third-order valence-electron chi connectivity index (χ3n) is 2.95. The molecule has 2 aromatic carbocycles. The van der Waals surface area contributed by atoms with Crippen molar-refractivity contribution in [3.8, 4) is 5.75 Å². The van der Waals surface area contributed by atoms with E-state index in [0.717, 1.165) is 11.3 Å². The molecule has 0 bridgehead atoms. The van der Waals surface area contributed by atoms with E-state index in [0.29, 0.717) is 6.42 Å². The van der Waals surface area contributed by atoms with E-state index in [-0.39, 0.29) is 22.4 Å². The zero-order valence-electron chi connectivity index (χ0n) is 12.0. The SMILES string of the molecule is CC/C(=N\NC(=S)Nc1ccccc1F)c1ccc(O)cc1. The number of aromatic hydroxyl groups is 1. The average molecular weight is 317 g/mol. The molecule has 0 fully saturated rings. The third-order valence-corrected chi connectivity index (χ3v) is 3.14. The van der Waals surface area contributed by atoms with Gasteiger partial charge in [0.15, 0.2) is 5.11 Å². The molecule has 0 aliphatic carbocycles. The summed E-state index contributed by atoms with van der Waals surface area (Å²) in [4.78, 5) is 0. The predicted octanol–water partition coefficient (Wildman–Crippen LogP) is 3.63. The minimum Gasteiger partial charge on any atom is -0.508 e. The summed E-state index contributed by atoms with van der Waals surface area (Å²) in [5.41, 5.74) is 4.64. The Hall–Kier alpha value is -2.47. The first-order chi connectivity index (χ1) is 10.6. The molecule has 2 aromatic rings. The molecule has 2 rings (SSSR count). The van der Waals surface area contributed by atoms with Crippen LogP contribution in [0.25, 0.3) is 0 Å². The summed E-state index contributed by atoms with van der Waals surface area (Å²) in [6, 6.07) is 13.0. The van der Waals surface area contributed by atoms with Crippen LogP contribution in [-0.4, -0.2) is 15.9 Å². The van der Waals surface area contributed by atoms with Gasteiger partial charge in [0.05, 0.1) is 11.4 Å². The number of hydrogen-bond acceptors (Lipinski definition) is 3. The van der Waals surface area contributed by atoms with Crippen LogP contribution in [0.2, 0.25) is 0 Å². The highest BCUT2D eigenvalue weighted by Crippen LogP contribution is 2.13. The van der Waals surface area contributed by atoms with Crippen molar-refractivity contribution in [1.82, 2.24) is 5.43 Å². The molecule has 0 heterocycles. The molecular formula is C16H16FN3OS. The lowest BCUT2D eigenvalue weighted by molar-refractivity contribution is 0.475. The zero-order chi connectivity index (χ0) is 15.9. The van der Waals surface area contributed by atoms with Crippen LogP contribution in [0.4, 0.5) is 10.1 Å². The summed E-state index contributed by atoms with van der Waals surface area (Å²) in [7, 11) is 0. The number of hydrogen-bond donors (Lipinski definition) is 3. The second-order valence-electron chi connectivity index (χ2n) is 4.50. The first kappa shape index (κ1) is 15.9. The van der Waals surface area contributed by atoms with Gasteiger partial charge in [-0.1, -0.05) is 19.1 Å². The number of nitrogens with one attached hydrogen (secondary N) is 2. The van der Waals surface area contributed by atoms with Gasteiger partial charge in [-0.25, -0.2) is 4.39 Å². The van der Waals surface area contributed by atoms with Crippen molar-refractivity contribution in [1.29, 1.82) is 0 Å². The maximum Gasteiger partial charge on any atom is 0.191 e. The molecule has 22 heavy (non-hydrogen) atoms. The molecule has 0 atom stereocenters. The van der Waals surface area contributed by atoms with Gasteiger partial charge in [-0.3, -0.25) is 5.43 Å². The monoisotopic (exact) mass is 317 g/mol. The van der Waals surface area contributed by atoms with Crippen LogP contribution < -0.4 is 10.7 Å². The van der Waals surface area contributed by atoms with Crippen LogP contribution in [0.15, 0.2) is 53.6 Å². The maximum absolute atomic E-state index is 13.5. The largest absolute Gasteiger partial charge is 0.508 e. The van der Waals surface area contributed by atoms with Crippen molar-refractivity contribution in [2.75, 3.05) is 5.32 Å². The number of phenols is 1. The molecule has 3 N–H and O–H groups in total. The Morgan fingerprint density at radius 3 is 2.50 bits per heavy atom. The minimum atomic E-state index is -0.384. The average Bonchev–Trinajstić information content (AvgIpc) is 2.52. The number of benzene rings is 2. The molecule has 0 saturated carbocycles. The van der Waals surface area contributed by atoms with Crippen LogP contribution in [0.1, 0.15) is 18.9 Å². The third kappa shape index (κ3) is 4.26. The fourth-order valence-corrected chi connectivity index (χ4v) is 1.99. The van der Waals surface area contributed by atoms with Crippen LogP contribution in [-0.2, 0) is 0 Å². The van der Waals surface area contributed by atoms with Gasteiger partial charge in [-0.2, -0.15) is 5.10 Å². The number of phenolic OH excluding ortho intramolecular Hbond substituents is 1. The lowest BCUT2D eigenvalue weighted by Gasteiger charge is -2.09. The Labute approximate surface area is 133 Å². The summed E-state index contributed by atoms with van der Waals surface area (Å²) in [6.07, 6.45) is 0.681. The molecule has 0 unspecified atom stereocenters. The molecule has 0 saturated heterocycles. The molecular weight excluding hydrogens is 301 g/mol. The molecule has 0 aromatic heterocycles. The number of hydrazone groups is 1. The Kier molecular flexibility index (Phi) is 5.43. The van der Waals surface area contributed by atoms with E-state index in [4.69, 9.17) is 12.2 Å². The molecule has 0 radical (unpaired) electrons. The molecule has 0 amide bonds. The number of halogens is 1. The summed E-state index contributed by atoms with van der Waals surface area (Å²) in [6.45, 7) is 1.96. The number of para-hydroxylation sites is 1. The standard InChI is InChI=1S/C16H16FN3OS/c1-2-14(11-7-9-12(21)10-8-11)19-20-16(22)18-15-6-4-3-5-13(15)17/h3-10,21H,2H2,1H3,(H2,18,20,22)/b19-14+. The Balaban J connectivity index is 2.04. The second kappa shape index (κ2) is 7.51. The van der Waals surface area contributed by atoms with Crippen LogP contribution >= 0.6 is 12.2 Å². The summed E-state index contributed by atoms with van der Waals surface area (Å²) >= 11 is 5.10. The van der Waals surface area contributed by atoms with Crippen molar-refractivity contribution in [3.05, 3.63) is 59.9 Å². The van der Waals surface area contributed by atoms with E-state index in [1.807, 2.05) is 6.92 Å². The van der Waals surface area contributed by atoms with Gasteiger partial charge in [0.1, 0.15) is 11.6 Å². The fourth-order valence-electron chi connectivity index (χ4n) is 1.83. The van der Waals surface area contributed by atoms with E-state index in [1.54, 1.807) is 42.5 Å². The van der Waals surface area contributed by atoms with E-state index in [9.17, 15) is 9.50 Å². The van der Waals surface area contributed by atoms with Crippen molar-refractivity contribution in [2.24, 2.45) is 5.10 Å². The first-order valence-electron chi connectivity index (χ1n) is 6.77. The lowest BCUT2D eigenvalue weighted by atomic mass is 10.1. The van der Waals surface area contributed by atoms with Crippen LogP contribution in [0.3, 0.4) is 0 Å². The topological polar surface area (TPSA) is 56.7 Å². The highest BCUT2D eigenvalue weighted by Gasteiger charge is 2.04. The Bertz CT molecular complexity index is 686. The first-order valence-corrected chi connectivity index (χ1v) is 7.18. The molecule has 4 nitrogen and oxygen atoms in total. The fraction of sp³-hybridized carbons (Fsp3) is 0.125. The lowest BCUT2D eigenvalue weighted by Crippen LogP contribution is -2.25. The Morgan fingerprint density at radius 2 is 1.86 bits per heavy atom. The van der Waals surface area contributed by atoms with Gasteiger partial charge >= 0.3 is 0 Å². The Morgan fingerprint density at radius 1 is 1.18 bits per heavy atom. The predicted molar refractivity (Wildman–Crippen MR) is 90.7 cm³/mol. The number of rotatable bonds is 4. The van der Waals surface area contributed by atoms with E-state index >= 15 is 0 Å². The molecule has 114 valence electrons. The number of nitrogens with zero attached hydrogens (tertiary/aromatic N) is 1. The normalized spacial score (nSPS) is 11.1. The molecule has 0 aliphatic rings.